The Morgan fingerprint density at radius 3 is 2.90 bits per heavy atom. The average molecular weight is 269 g/mol. The zero-order valence-corrected chi connectivity index (χ0v) is 11.7. The van der Waals surface area contributed by atoms with Crippen LogP contribution in [0.1, 0.15) is 53.5 Å². The van der Waals surface area contributed by atoms with Gasteiger partial charge in [0.2, 0.25) is 0 Å². The minimum atomic E-state index is 0.104. The molecule has 1 aliphatic carbocycles. The minimum absolute atomic E-state index is 0.104. The third-order valence-corrected chi connectivity index (χ3v) is 3.92. The average Bonchev–Trinajstić information content (AvgIpc) is 3.08. The van der Waals surface area contributed by atoms with Crippen molar-refractivity contribution in [3.8, 4) is 0 Å². The maximum atomic E-state index is 12.2. The molecule has 3 rings (SSSR count). The quantitative estimate of drug-likeness (QED) is 0.801. The minimum Gasteiger partial charge on any atom is -0.294 e. The highest BCUT2D eigenvalue weighted by Crippen LogP contribution is 2.28. The van der Waals surface area contributed by atoms with Gasteiger partial charge in [-0.3, -0.25) is 14.5 Å². The Morgan fingerprint density at radius 1 is 1.35 bits per heavy atom. The van der Waals surface area contributed by atoms with Crippen LogP contribution in [-0.2, 0) is 6.42 Å². The maximum Gasteiger partial charge on any atom is 0.169 e. The molecule has 20 heavy (non-hydrogen) atoms. The lowest BCUT2D eigenvalue weighted by Gasteiger charge is -2.08. The summed E-state index contributed by atoms with van der Waals surface area (Å²) in [6.07, 6.45) is 9.04. The number of aromatic nitrogens is 3. The zero-order chi connectivity index (χ0) is 13.9. The van der Waals surface area contributed by atoms with E-state index in [1.807, 2.05) is 29.9 Å². The number of nitrogens with zero attached hydrogens (tertiary/aromatic N) is 3. The van der Waals surface area contributed by atoms with Crippen LogP contribution < -0.4 is 0 Å². The molecule has 0 radical (unpaired) electrons. The molecule has 0 bridgehead atoms. The Labute approximate surface area is 118 Å². The highest BCUT2D eigenvalue weighted by Gasteiger charge is 2.18. The number of hydrogen-bond donors (Lipinski definition) is 0. The Morgan fingerprint density at radius 2 is 2.15 bits per heavy atom. The van der Waals surface area contributed by atoms with Gasteiger partial charge in [-0.2, -0.15) is 5.10 Å². The SMILES string of the molecule is Cc1cc(C(=O)Cc2ccn(C3CCCC3)n2)ccn1. The molecule has 0 N–H and O–H groups in total. The summed E-state index contributed by atoms with van der Waals surface area (Å²) in [4.78, 5) is 16.3. The first-order valence-corrected chi connectivity index (χ1v) is 7.22. The van der Waals surface area contributed by atoms with Crippen LogP contribution in [0.5, 0.6) is 0 Å². The van der Waals surface area contributed by atoms with Crippen LogP contribution in [0.2, 0.25) is 0 Å². The summed E-state index contributed by atoms with van der Waals surface area (Å²) >= 11 is 0. The summed E-state index contributed by atoms with van der Waals surface area (Å²) in [5, 5.41) is 4.56. The van der Waals surface area contributed by atoms with Gasteiger partial charge in [-0.1, -0.05) is 12.8 Å². The molecule has 2 aromatic heterocycles. The van der Waals surface area contributed by atoms with Gasteiger partial charge in [0.1, 0.15) is 0 Å². The molecule has 104 valence electrons. The molecule has 0 saturated heterocycles. The lowest BCUT2D eigenvalue weighted by Crippen LogP contribution is -2.08. The van der Waals surface area contributed by atoms with Gasteiger partial charge in [-0.15, -0.1) is 0 Å². The van der Waals surface area contributed by atoms with E-state index in [4.69, 9.17) is 0 Å². The van der Waals surface area contributed by atoms with Crippen LogP contribution in [0.4, 0.5) is 0 Å². The van der Waals surface area contributed by atoms with Gasteiger partial charge >= 0.3 is 0 Å². The molecule has 1 aliphatic rings. The number of carbonyl (C=O) groups excluding carboxylic acids is 1. The highest BCUT2D eigenvalue weighted by molar-refractivity contribution is 5.97. The van der Waals surface area contributed by atoms with E-state index in [2.05, 4.69) is 10.1 Å². The number of carbonyl (C=O) groups is 1. The van der Waals surface area contributed by atoms with E-state index in [1.54, 1.807) is 12.3 Å². The molecule has 0 aliphatic heterocycles. The second-order valence-corrected chi connectivity index (χ2v) is 5.51. The number of ketones is 1. The van der Waals surface area contributed by atoms with Crippen LogP contribution in [0.15, 0.2) is 30.6 Å². The normalized spacial score (nSPS) is 15.7. The van der Waals surface area contributed by atoms with Crippen molar-refractivity contribution < 1.29 is 4.79 Å². The van der Waals surface area contributed by atoms with Crippen molar-refractivity contribution in [2.45, 2.75) is 45.1 Å². The monoisotopic (exact) mass is 269 g/mol. The third-order valence-electron chi connectivity index (χ3n) is 3.92. The molecule has 2 aromatic rings. The lowest BCUT2D eigenvalue weighted by atomic mass is 10.1. The van der Waals surface area contributed by atoms with Gasteiger partial charge < -0.3 is 0 Å². The molecule has 0 unspecified atom stereocenters. The summed E-state index contributed by atoms with van der Waals surface area (Å²) in [6.45, 7) is 1.89. The van der Waals surface area contributed by atoms with Crippen LogP contribution in [0.25, 0.3) is 0 Å². The summed E-state index contributed by atoms with van der Waals surface area (Å²) in [7, 11) is 0. The summed E-state index contributed by atoms with van der Waals surface area (Å²) < 4.78 is 2.04. The van der Waals surface area contributed by atoms with Crippen molar-refractivity contribution >= 4 is 5.78 Å². The summed E-state index contributed by atoms with van der Waals surface area (Å²) in [5.41, 5.74) is 2.44. The molecule has 4 heteroatoms. The molecule has 0 atom stereocenters. The largest absolute Gasteiger partial charge is 0.294 e. The maximum absolute atomic E-state index is 12.2. The Hall–Kier alpha value is -1.97. The molecular weight excluding hydrogens is 250 g/mol. The van der Waals surface area contributed by atoms with E-state index in [0.29, 0.717) is 18.0 Å². The molecule has 4 nitrogen and oxygen atoms in total. The molecule has 0 amide bonds. The standard InChI is InChI=1S/C16H19N3O/c1-12-10-13(6-8-17-12)16(20)11-14-7-9-19(18-14)15-4-2-3-5-15/h6-10,15H,2-5,11H2,1H3. The van der Waals surface area contributed by atoms with Gasteiger partial charge in [0.15, 0.2) is 5.78 Å². The molecule has 1 saturated carbocycles. The van der Waals surface area contributed by atoms with Gasteiger partial charge in [0.25, 0.3) is 0 Å². The predicted octanol–water partition coefficient (Wildman–Crippen LogP) is 3.13. The van der Waals surface area contributed by atoms with E-state index in [0.717, 1.165) is 11.4 Å². The van der Waals surface area contributed by atoms with Crippen molar-refractivity contribution in [3.05, 3.63) is 47.5 Å². The van der Waals surface area contributed by atoms with E-state index in [-0.39, 0.29) is 5.78 Å². The predicted molar refractivity (Wildman–Crippen MR) is 76.7 cm³/mol. The van der Waals surface area contributed by atoms with Crippen LogP contribution in [0.3, 0.4) is 0 Å². The van der Waals surface area contributed by atoms with Crippen molar-refractivity contribution in [1.29, 1.82) is 0 Å². The Bertz CT molecular complexity index is 612. The van der Waals surface area contributed by atoms with Crippen LogP contribution in [0, 0.1) is 6.92 Å². The van der Waals surface area contributed by atoms with Crippen molar-refractivity contribution in [2.24, 2.45) is 0 Å². The van der Waals surface area contributed by atoms with Crippen LogP contribution in [-0.4, -0.2) is 20.5 Å². The van der Waals surface area contributed by atoms with Gasteiger partial charge in [0, 0.05) is 23.7 Å². The van der Waals surface area contributed by atoms with E-state index < -0.39 is 0 Å². The number of aryl methyl sites for hydroxylation is 1. The van der Waals surface area contributed by atoms with Crippen LogP contribution >= 0.6 is 0 Å². The number of pyridine rings is 1. The first-order chi connectivity index (χ1) is 9.72. The number of hydrogen-bond acceptors (Lipinski definition) is 3. The second kappa shape index (κ2) is 5.57. The fraction of sp³-hybridized carbons (Fsp3) is 0.438. The molecular formula is C16H19N3O. The number of rotatable bonds is 4. The summed E-state index contributed by atoms with van der Waals surface area (Å²) in [6, 6.07) is 6.09. The fourth-order valence-corrected chi connectivity index (χ4v) is 2.83. The van der Waals surface area contributed by atoms with Gasteiger partial charge in [0.05, 0.1) is 18.2 Å². The van der Waals surface area contributed by atoms with Crippen molar-refractivity contribution in [3.63, 3.8) is 0 Å². The van der Waals surface area contributed by atoms with E-state index in [9.17, 15) is 4.79 Å². The molecule has 2 heterocycles. The first kappa shape index (κ1) is 13.0. The molecule has 1 fully saturated rings. The first-order valence-electron chi connectivity index (χ1n) is 7.22. The van der Waals surface area contributed by atoms with Gasteiger partial charge in [-0.05, 0) is 38.0 Å². The Kier molecular flexibility index (Phi) is 3.63. The fourth-order valence-electron chi connectivity index (χ4n) is 2.83. The highest BCUT2D eigenvalue weighted by atomic mass is 16.1. The second-order valence-electron chi connectivity index (χ2n) is 5.51. The van der Waals surface area contributed by atoms with Crippen molar-refractivity contribution in [2.75, 3.05) is 0 Å². The lowest BCUT2D eigenvalue weighted by molar-refractivity contribution is 0.0991. The smallest absolute Gasteiger partial charge is 0.169 e. The molecule has 0 spiro atoms. The van der Waals surface area contributed by atoms with E-state index >= 15 is 0 Å². The summed E-state index contributed by atoms with van der Waals surface area (Å²) in [5.74, 6) is 0.104. The van der Waals surface area contributed by atoms with Gasteiger partial charge in [-0.25, -0.2) is 0 Å². The Balaban J connectivity index is 1.70. The third kappa shape index (κ3) is 2.79. The molecule has 0 aromatic carbocycles. The number of Topliss-reactive ketones (excluding diaryl/α,β-unsaturated/α-hetero) is 1. The topological polar surface area (TPSA) is 47.8 Å². The van der Waals surface area contributed by atoms with Crippen molar-refractivity contribution in [1.82, 2.24) is 14.8 Å². The zero-order valence-electron chi connectivity index (χ0n) is 11.7. The van der Waals surface area contributed by atoms with E-state index in [1.165, 1.54) is 25.7 Å².